The van der Waals surface area contributed by atoms with Crippen molar-refractivity contribution in [2.75, 3.05) is 6.61 Å². The fourth-order valence-electron chi connectivity index (χ4n) is 3.26. The molecule has 1 aliphatic rings. The maximum atomic E-state index is 6.48. The van der Waals surface area contributed by atoms with Crippen LogP contribution in [0.25, 0.3) is 0 Å². The molecule has 2 rings (SSSR count). The van der Waals surface area contributed by atoms with Crippen LogP contribution < -0.4 is 5.73 Å². The molecule has 0 amide bonds. The molecule has 1 aromatic rings. The second-order valence-corrected chi connectivity index (χ2v) is 6.00. The van der Waals surface area contributed by atoms with E-state index in [1.807, 2.05) is 0 Å². The number of nitrogens with two attached hydrogens (primary N) is 1. The van der Waals surface area contributed by atoms with Crippen LogP contribution in [0.1, 0.15) is 62.8 Å². The Kier molecular flexibility index (Phi) is 5.62. The van der Waals surface area contributed by atoms with E-state index in [4.69, 9.17) is 10.5 Å². The highest BCUT2D eigenvalue weighted by atomic mass is 16.5. The first-order chi connectivity index (χ1) is 9.67. The molecular formula is C18H29NO. The largest absolute Gasteiger partial charge is 0.378 e. The summed E-state index contributed by atoms with van der Waals surface area (Å²) in [7, 11) is 0. The average Bonchev–Trinajstić information content (AvgIpc) is 2.44. The Hall–Kier alpha value is -0.860. The molecule has 0 radical (unpaired) electrons. The topological polar surface area (TPSA) is 35.2 Å². The second kappa shape index (κ2) is 7.24. The highest BCUT2D eigenvalue weighted by Crippen LogP contribution is 2.37. The zero-order valence-corrected chi connectivity index (χ0v) is 13.2. The van der Waals surface area contributed by atoms with Crippen LogP contribution in [0.15, 0.2) is 18.2 Å². The molecule has 0 heterocycles. The number of hydrogen-bond acceptors (Lipinski definition) is 2. The van der Waals surface area contributed by atoms with Crippen molar-refractivity contribution in [3.05, 3.63) is 34.9 Å². The molecule has 1 atom stereocenters. The Balaban J connectivity index is 1.96. The zero-order chi connectivity index (χ0) is 14.5. The van der Waals surface area contributed by atoms with Gasteiger partial charge in [0.05, 0.1) is 6.10 Å². The average molecular weight is 275 g/mol. The maximum absolute atomic E-state index is 6.48. The van der Waals surface area contributed by atoms with Crippen LogP contribution in [0.3, 0.4) is 0 Å². The lowest BCUT2D eigenvalue weighted by atomic mass is 9.76. The summed E-state index contributed by atoms with van der Waals surface area (Å²) in [4.78, 5) is 0. The lowest BCUT2D eigenvalue weighted by molar-refractivity contribution is -0.0282. The SMILES string of the molecule is CCOC1CC(CC(N)c2cc(CC)ccc2CC)C1. The van der Waals surface area contributed by atoms with Crippen molar-refractivity contribution in [3.8, 4) is 0 Å². The summed E-state index contributed by atoms with van der Waals surface area (Å²) in [6.07, 6.45) is 6.12. The molecule has 0 aliphatic heterocycles. The summed E-state index contributed by atoms with van der Waals surface area (Å²) in [5.41, 5.74) is 10.7. The Bertz CT molecular complexity index is 423. The third-order valence-electron chi connectivity index (χ3n) is 4.58. The summed E-state index contributed by atoms with van der Waals surface area (Å²) in [5.74, 6) is 0.747. The molecule has 20 heavy (non-hydrogen) atoms. The van der Waals surface area contributed by atoms with Crippen LogP contribution in [0.2, 0.25) is 0 Å². The van der Waals surface area contributed by atoms with Crippen LogP contribution >= 0.6 is 0 Å². The van der Waals surface area contributed by atoms with Gasteiger partial charge in [-0.2, -0.15) is 0 Å². The van der Waals surface area contributed by atoms with Crippen molar-refractivity contribution in [2.45, 2.75) is 65.0 Å². The van der Waals surface area contributed by atoms with E-state index in [0.717, 1.165) is 31.8 Å². The number of hydrogen-bond donors (Lipinski definition) is 1. The van der Waals surface area contributed by atoms with Crippen molar-refractivity contribution in [2.24, 2.45) is 11.7 Å². The van der Waals surface area contributed by atoms with E-state index in [0.29, 0.717) is 6.10 Å². The van der Waals surface area contributed by atoms with Gasteiger partial charge in [-0.25, -0.2) is 0 Å². The number of benzene rings is 1. The van der Waals surface area contributed by atoms with Crippen LogP contribution in [0, 0.1) is 5.92 Å². The number of aryl methyl sites for hydroxylation is 2. The molecule has 0 spiro atoms. The quantitative estimate of drug-likeness (QED) is 0.816. The number of rotatable bonds is 7. The Morgan fingerprint density at radius 1 is 1.20 bits per heavy atom. The van der Waals surface area contributed by atoms with E-state index in [2.05, 4.69) is 39.0 Å². The standard InChI is InChI=1S/C18H29NO/c1-4-13-7-8-15(5-2)17(11-13)18(19)12-14-9-16(10-14)20-6-3/h7-8,11,14,16,18H,4-6,9-10,12,19H2,1-3H3. The molecule has 2 heteroatoms. The second-order valence-electron chi connectivity index (χ2n) is 6.00. The van der Waals surface area contributed by atoms with Crippen molar-refractivity contribution in [3.63, 3.8) is 0 Å². The molecule has 1 saturated carbocycles. The Morgan fingerprint density at radius 2 is 1.95 bits per heavy atom. The first-order valence-electron chi connectivity index (χ1n) is 8.16. The first-order valence-corrected chi connectivity index (χ1v) is 8.16. The summed E-state index contributed by atoms with van der Waals surface area (Å²) >= 11 is 0. The molecule has 1 unspecified atom stereocenters. The van der Waals surface area contributed by atoms with Gasteiger partial charge in [0.25, 0.3) is 0 Å². The minimum absolute atomic E-state index is 0.184. The first kappa shape index (κ1) is 15.5. The molecule has 2 N–H and O–H groups in total. The van der Waals surface area contributed by atoms with Gasteiger partial charge in [-0.3, -0.25) is 0 Å². The van der Waals surface area contributed by atoms with E-state index in [-0.39, 0.29) is 6.04 Å². The van der Waals surface area contributed by atoms with Gasteiger partial charge in [0.2, 0.25) is 0 Å². The van der Waals surface area contributed by atoms with E-state index < -0.39 is 0 Å². The van der Waals surface area contributed by atoms with Gasteiger partial charge in [0.1, 0.15) is 0 Å². The van der Waals surface area contributed by atoms with Gasteiger partial charge in [-0.15, -0.1) is 0 Å². The minimum Gasteiger partial charge on any atom is -0.378 e. The smallest absolute Gasteiger partial charge is 0.0580 e. The van der Waals surface area contributed by atoms with Crippen molar-refractivity contribution in [1.29, 1.82) is 0 Å². The van der Waals surface area contributed by atoms with E-state index in [1.54, 1.807) is 0 Å². The van der Waals surface area contributed by atoms with Crippen LogP contribution in [0.5, 0.6) is 0 Å². The van der Waals surface area contributed by atoms with Gasteiger partial charge in [0.15, 0.2) is 0 Å². The normalized spacial score (nSPS) is 23.4. The van der Waals surface area contributed by atoms with Gasteiger partial charge >= 0.3 is 0 Å². The van der Waals surface area contributed by atoms with E-state index >= 15 is 0 Å². The fourth-order valence-corrected chi connectivity index (χ4v) is 3.26. The van der Waals surface area contributed by atoms with Crippen LogP contribution in [0.4, 0.5) is 0 Å². The molecule has 0 bridgehead atoms. The Morgan fingerprint density at radius 3 is 2.55 bits per heavy atom. The van der Waals surface area contributed by atoms with Gasteiger partial charge in [-0.05, 0) is 61.6 Å². The molecule has 0 saturated heterocycles. The molecular weight excluding hydrogens is 246 g/mol. The monoisotopic (exact) mass is 275 g/mol. The molecule has 112 valence electrons. The highest BCUT2D eigenvalue weighted by Gasteiger charge is 2.31. The number of ether oxygens (including phenoxy) is 1. The van der Waals surface area contributed by atoms with Gasteiger partial charge < -0.3 is 10.5 Å². The fraction of sp³-hybridized carbons (Fsp3) is 0.667. The summed E-state index contributed by atoms with van der Waals surface area (Å²) in [5, 5.41) is 0. The predicted molar refractivity (Wildman–Crippen MR) is 84.9 cm³/mol. The third kappa shape index (κ3) is 3.62. The van der Waals surface area contributed by atoms with Crippen LogP contribution in [-0.4, -0.2) is 12.7 Å². The van der Waals surface area contributed by atoms with Crippen LogP contribution in [-0.2, 0) is 17.6 Å². The van der Waals surface area contributed by atoms with Crippen molar-refractivity contribution in [1.82, 2.24) is 0 Å². The summed E-state index contributed by atoms with van der Waals surface area (Å²) < 4.78 is 5.64. The molecule has 1 aromatic carbocycles. The van der Waals surface area contributed by atoms with E-state index in [9.17, 15) is 0 Å². The maximum Gasteiger partial charge on any atom is 0.0580 e. The minimum atomic E-state index is 0.184. The summed E-state index contributed by atoms with van der Waals surface area (Å²) in [6.45, 7) is 7.32. The molecule has 0 aromatic heterocycles. The molecule has 1 fully saturated rings. The van der Waals surface area contributed by atoms with E-state index in [1.165, 1.54) is 29.5 Å². The third-order valence-corrected chi connectivity index (χ3v) is 4.58. The molecule has 1 aliphatic carbocycles. The highest BCUT2D eigenvalue weighted by molar-refractivity contribution is 5.34. The zero-order valence-electron chi connectivity index (χ0n) is 13.2. The summed E-state index contributed by atoms with van der Waals surface area (Å²) in [6, 6.07) is 7.01. The van der Waals surface area contributed by atoms with Crippen molar-refractivity contribution >= 4 is 0 Å². The lowest BCUT2D eigenvalue weighted by Crippen LogP contribution is -2.33. The molecule has 2 nitrogen and oxygen atoms in total. The van der Waals surface area contributed by atoms with Crippen molar-refractivity contribution < 1.29 is 4.74 Å². The van der Waals surface area contributed by atoms with Gasteiger partial charge in [0, 0.05) is 12.6 Å². The Labute approximate surface area is 123 Å². The predicted octanol–water partition coefficient (Wildman–Crippen LogP) is 4.02. The van der Waals surface area contributed by atoms with Gasteiger partial charge in [-0.1, -0.05) is 32.0 Å². The lowest BCUT2D eigenvalue weighted by Gasteiger charge is -2.36.